The van der Waals surface area contributed by atoms with E-state index in [9.17, 15) is 18.3 Å². The van der Waals surface area contributed by atoms with Gasteiger partial charge in [-0.25, -0.2) is 22.7 Å². The molecule has 0 radical (unpaired) electrons. The van der Waals surface area contributed by atoms with Crippen LogP contribution >= 0.6 is 0 Å². The number of aromatic nitrogens is 3. The molecule has 2 fully saturated rings. The highest BCUT2D eigenvalue weighted by Gasteiger charge is 2.38. The molecule has 11 heteroatoms. The second-order valence-electron chi connectivity index (χ2n) is 9.39. The number of H-pyrrole nitrogens is 1. The SMILES string of the molecule is NC(=O)C1CCN(S(=O)(=O)CN2CCC(c3cc[nH]c4cnc5nccc5c34)CC2)CC1CO. The Bertz CT molecular complexity index is 1300. The van der Waals surface area contributed by atoms with Crippen LogP contribution in [0.25, 0.3) is 21.9 Å². The lowest BCUT2D eigenvalue weighted by atomic mass is 9.86. The van der Waals surface area contributed by atoms with Crippen LogP contribution in [0, 0.1) is 11.8 Å². The minimum absolute atomic E-state index is 0.0522. The van der Waals surface area contributed by atoms with Gasteiger partial charge < -0.3 is 15.8 Å². The molecule has 0 aromatic carbocycles. The van der Waals surface area contributed by atoms with Crippen LogP contribution in [-0.2, 0) is 14.8 Å². The first-order chi connectivity index (χ1) is 16.4. The number of sulfonamides is 1. The Labute approximate surface area is 198 Å². The number of nitrogens with zero attached hydrogens (tertiary/aromatic N) is 4. The van der Waals surface area contributed by atoms with Crippen LogP contribution < -0.4 is 5.73 Å². The molecule has 0 aliphatic carbocycles. The zero-order valence-electron chi connectivity index (χ0n) is 18.9. The molecule has 5 heterocycles. The largest absolute Gasteiger partial charge is 0.396 e. The lowest BCUT2D eigenvalue weighted by Gasteiger charge is -2.38. The third-order valence-corrected chi connectivity index (χ3v) is 9.20. The Morgan fingerprint density at radius 3 is 2.71 bits per heavy atom. The fraction of sp³-hybridized carbons (Fsp3) is 0.522. The molecule has 0 spiro atoms. The van der Waals surface area contributed by atoms with Crippen LogP contribution in [0.1, 0.15) is 30.7 Å². The van der Waals surface area contributed by atoms with Gasteiger partial charge in [0.1, 0.15) is 5.88 Å². The first-order valence-electron chi connectivity index (χ1n) is 11.7. The molecule has 182 valence electrons. The molecule has 3 aromatic rings. The predicted molar refractivity (Wildman–Crippen MR) is 128 cm³/mol. The first-order valence-corrected chi connectivity index (χ1v) is 13.3. The summed E-state index contributed by atoms with van der Waals surface area (Å²) < 4.78 is 27.6. The smallest absolute Gasteiger partial charge is 0.227 e. The van der Waals surface area contributed by atoms with Gasteiger partial charge in [-0.3, -0.25) is 9.69 Å². The fourth-order valence-corrected chi connectivity index (χ4v) is 7.21. The number of amides is 1. The molecule has 3 aromatic heterocycles. The average molecular weight is 487 g/mol. The van der Waals surface area contributed by atoms with E-state index in [2.05, 4.69) is 21.0 Å². The molecule has 2 atom stereocenters. The van der Waals surface area contributed by atoms with E-state index in [0.717, 1.165) is 34.8 Å². The second kappa shape index (κ2) is 9.21. The lowest BCUT2D eigenvalue weighted by molar-refractivity contribution is -0.125. The number of pyridine rings is 2. The van der Waals surface area contributed by atoms with Gasteiger partial charge in [0, 0.05) is 54.7 Å². The van der Waals surface area contributed by atoms with Crippen LogP contribution in [-0.4, -0.2) is 82.3 Å². The number of hydrogen-bond donors (Lipinski definition) is 3. The number of primary amides is 1. The molecule has 0 saturated carbocycles. The summed E-state index contributed by atoms with van der Waals surface area (Å²) in [4.78, 5) is 25.6. The van der Waals surface area contributed by atoms with Crippen molar-refractivity contribution in [2.24, 2.45) is 17.6 Å². The Morgan fingerprint density at radius 2 is 1.97 bits per heavy atom. The number of carbonyl (C=O) groups excluding carboxylic acids is 1. The van der Waals surface area contributed by atoms with Crippen LogP contribution in [0.4, 0.5) is 0 Å². The summed E-state index contributed by atoms with van der Waals surface area (Å²) in [6, 6.07) is 4.11. The van der Waals surface area contributed by atoms with Crippen molar-refractivity contribution in [1.29, 1.82) is 0 Å². The van der Waals surface area contributed by atoms with E-state index in [-0.39, 0.29) is 25.6 Å². The second-order valence-corrected chi connectivity index (χ2v) is 11.3. The van der Waals surface area contributed by atoms with Gasteiger partial charge >= 0.3 is 0 Å². The predicted octanol–water partition coefficient (Wildman–Crippen LogP) is 0.994. The number of aliphatic hydroxyl groups excluding tert-OH is 1. The van der Waals surface area contributed by atoms with Crippen LogP contribution in [0.2, 0.25) is 0 Å². The summed E-state index contributed by atoms with van der Waals surface area (Å²) >= 11 is 0. The van der Waals surface area contributed by atoms with Gasteiger partial charge in [0.25, 0.3) is 0 Å². The number of piperidine rings is 2. The first kappa shape index (κ1) is 23.2. The summed E-state index contributed by atoms with van der Waals surface area (Å²) in [7, 11) is -3.54. The Kier molecular flexibility index (Phi) is 6.28. The summed E-state index contributed by atoms with van der Waals surface area (Å²) in [6.07, 6.45) is 7.59. The van der Waals surface area contributed by atoms with Crippen LogP contribution in [0.3, 0.4) is 0 Å². The molecule has 4 N–H and O–H groups in total. The van der Waals surface area contributed by atoms with Gasteiger partial charge in [0.15, 0.2) is 5.65 Å². The normalized spacial score (nSPS) is 23.6. The monoisotopic (exact) mass is 486 g/mol. The van der Waals surface area contributed by atoms with E-state index in [4.69, 9.17) is 5.73 Å². The topological polar surface area (TPSA) is 146 Å². The number of aliphatic hydroxyl groups is 1. The van der Waals surface area contributed by atoms with Crippen molar-refractivity contribution >= 4 is 37.9 Å². The highest BCUT2D eigenvalue weighted by molar-refractivity contribution is 7.89. The molecule has 2 aliphatic heterocycles. The van der Waals surface area contributed by atoms with Crippen molar-refractivity contribution < 1.29 is 18.3 Å². The quantitative estimate of drug-likeness (QED) is 0.471. The van der Waals surface area contributed by atoms with Crippen LogP contribution in [0.15, 0.2) is 30.7 Å². The summed E-state index contributed by atoms with van der Waals surface area (Å²) in [5.74, 6) is -1.14. The molecule has 5 rings (SSSR count). The maximum Gasteiger partial charge on any atom is 0.227 e. The van der Waals surface area contributed by atoms with Crippen molar-refractivity contribution in [3.05, 3.63) is 36.3 Å². The number of carbonyl (C=O) groups is 1. The number of rotatable bonds is 6. The van der Waals surface area contributed by atoms with E-state index in [1.165, 1.54) is 9.87 Å². The third kappa shape index (κ3) is 4.28. The standard InChI is InChI=1S/C23H30N6O4S/c24-22(31)18-5-10-29(12-16(18)13-30)34(32,33)14-28-8-3-15(4-9-28)17-1-6-25-20-11-27-23-19(21(17)20)2-7-26-23/h1-2,6-7,11,15-16,18,25,30H,3-5,8-10,12-14H2,(H2,24,31). The maximum absolute atomic E-state index is 13.1. The zero-order chi connectivity index (χ0) is 23.9. The molecule has 2 aliphatic rings. The molecular formula is C23H30N6O4S. The van der Waals surface area contributed by atoms with E-state index >= 15 is 0 Å². The lowest BCUT2D eigenvalue weighted by Crippen LogP contribution is -2.51. The van der Waals surface area contributed by atoms with E-state index < -0.39 is 27.8 Å². The minimum atomic E-state index is -3.54. The van der Waals surface area contributed by atoms with E-state index in [1.54, 1.807) is 6.20 Å². The zero-order valence-corrected chi connectivity index (χ0v) is 19.7. The number of fused-ring (bicyclic) bond motifs is 3. The number of hydrogen-bond acceptors (Lipinski definition) is 7. The third-order valence-electron chi connectivity index (χ3n) is 7.39. The van der Waals surface area contributed by atoms with Gasteiger partial charge in [-0.2, -0.15) is 0 Å². The van der Waals surface area contributed by atoms with Gasteiger partial charge in [0.05, 0.1) is 11.7 Å². The van der Waals surface area contributed by atoms with E-state index in [0.29, 0.717) is 25.4 Å². The van der Waals surface area contributed by atoms with Gasteiger partial charge in [0.2, 0.25) is 15.9 Å². The van der Waals surface area contributed by atoms with Crippen molar-refractivity contribution in [1.82, 2.24) is 24.2 Å². The van der Waals surface area contributed by atoms with Gasteiger partial charge in [-0.1, -0.05) is 0 Å². The van der Waals surface area contributed by atoms with Gasteiger partial charge in [-0.15, -0.1) is 0 Å². The maximum atomic E-state index is 13.1. The Morgan fingerprint density at radius 1 is 1.18 bits per heavy atom. The number of aromatic amines is 1. The van der Waals surface area contributed by atoms with Gasteiger partial charge in [-0.05, 0) is 56.0 Å². The minimum Gasteiger partial charge on any atom is -0.396 e. The molecule has 1 amide bonds. The highest BCUT2D eigenvalue weighted by Crippen LogP contribution is 2.35. The molecular weight excluding hydrogens is 456 g/mol. The fourth-order valence-electron chi connectivity index (χ4n) is 5.52. The number of nitrogens with one attached hydrogen (secondary N) is 1. The molecule has 34 heavy (non-hydrogen) atoms. The van der Waals surface area contributed by atoms with Crippen molar-refractivity contribution in [2.75, 3.05) is 38.7 Å². The summed E-state index contributed by atoms with van der Waals surface area (Å²) in [5, 5.41) is 11.8. The summed E-state index contributed by atoms with van der Waals surface area (Å²) in [6.45, 7) is 1.49. The number of likely N-dealkylation sites (tertiary alicyclic amines) is 1. The summed E-state index contributed by atoms with van der Waals surface area (Å²) in [5.41, 5.74) is 8.38. The molecule has 10 nitrogen and oxygen atoms in total. The molecule has 2 unspecified atom stereocenters. The Balaban J connectivity index is 1.26. The van der Waals surface area contributed by atoms with Crippen molar-refractivity contribution in [2.45, 2.75) is 25.2 Å². The van der Waals surface area contributed by atoms with E-state index in [1.807, 2.05) is 23.4 Å². The van der Waals surface area contributed by atoms with Crippen LogP contribution in [0.5, 0.6) is 0 Å². The Hall–Kier alpha value is -2.60. The van der Waals surface area contributed by atoms with Crippen molar-refractivity contribution in [3.63, 3.8) is 0 Å². The molecule has 2 saturated heterocycles. The van der Waals surface area contributed by atoms with Crippen molar-refractivity contribution in [3.8, 4) is 0 Å². The number of nitrogens with two attached hydrogens (primary N) is 1. The average Bonchev–Trinajstić information content (AvgIpc) is 3.33. The molecule has 0 bridgehead atoms. The highest BCUT2D eigenvalue weighted by atomic mass is 32.2.